The predicted molar refractivity (Wildman–Crippen MR) is 108 cm³/mol. The zero-order valence-corrected chi connectivity index (χ0v) is 15.5. The number of aromatic nitrogens is 2. The lowest BCUT2D eigenvalue weighted by Gasteiger charge is -2.25. The Kier molecular flexibility index (Phi) is 5.09. The van der Waals surface area contributed by atoms with Crippen LogP contribution >= 0.6 is 0 Å². The van der Waals surface area contributed by atoms with E-state index in [9.17, 15) is 5.11 Å². The highest BCUT2D eigenvalue weighted by atomic mass is 16.3. The van der Waals surface area contributed by atoms with E-state index in [4.69, 9.17) is 5.73 Å². The molecule has 2 aromatic rings. The molecule has 0 aliphatic carbocycles. The fourth-order valence-electron chi connectivity index (χ4n) is 2.57. The van der Waals surface area contributed by atoms with Crippen LogP contribution in [0.1, 0.15) is 19.4 Å². The maximum atomic E-state index is 10.2. The molecule has 0 atom stereocenters. The number of rotatable bonds is 5. The SMILES string of the molecule is CN=CC(=CN)c1cnc2ccc(NC3=CC(C(C)(C)O)=CNN3)nc2c1. The van der Waals surface area contributed by atoms with Gasteiger partial charge >= 0.3 is 0 Å². The molecule has 0 saturated carbocycles. The quantitative estimate of drug-likeness (QED) is 0.511. The van der Waals surface area contributed by atoms with Gasteiger partial charge in [0.25, 0.3) is 0 Å². The molecule has 8 nitrogen and oxygen atoms in total. The highest BCUT2D eigenvalue weighted by molar-refractivity contribution is 6.10. The number of fused-ring (bicyclic) bond motifs is 1. The Balaban J connectivity index is 1.90. The van der Waals surface area contributed by atoms with Gasteiger partial charge in [-0.2, -0.15) is 0 Å². The van der Waals surface area contributed by atoms with Gasteiger partial charge in [-0.1, -0.05) is 0 Å². The van der Waals surface area contributed by atoms with Crippen LogP contribution < -0.4 is 21.9 Å². The molecule has 0 fully saturated rings. The van der Waals surface area contributed by atoms with Gasteiger partial charge in [0, 0.05) is 48.6 Å². The number of nitrogens with two attached hydrogens (primary N) is 1. The molecule has 0 aromatic carbocycles. The Morgan fingerprint density at radius 1 is 1.33 bits per heavy atom. The first kappa shape index (κ1) is 18.4. The number of nitrogens with zero attached hydrogens (tertiary/aromatic N) is 3. The van der Waals surface area contributed by atoms with Crippen LogP contribution in [0, 0.1) is 0 Å². The summed E-state index contributed by atoms with van der Waals surface area (Å²) in [6.07, 6.45) is 8.45. The zero-order chi connectivity index (χ0) is 19.4. The zero-order valence-electron chi connectivity index (χ0n) is 15.5. The molecule has 8 heteroatoms. The second-order valence-corrected chi connectivity index (χ2v) is 6.58. The van der Waals surface area contributed by atoms with E-state index in [1.807, 2.05) is 24.3 Å². The van der Waals surface area contributed by atoms with Crippen molar-refractivity contribution >= 4 is 28.6 Å². The fraction of sp³-hybridized carbons (Fsp3) is 0.211. The van der Waals surface area contributed by atoms with Gasteiger partial charge in [-0.3, -0.25) is 15.4 Å². The summed E-state index contributed by atoms with van der Waals surface area (Å²) < 4.78 is 0. The van der Waals surface area contributed by atoms with E-state index in [0.717, 1.165) is 27.7 Å². The van der Waals surface area contributed by atoms with Crippen LogP contribution in [0.25, 0.3) is 16.6 Å². The molecule has 1 aliphatic rings. The maximum Gasteiger partial charge on any atom is 0.132 e. The minimum Gasteiger partial charge on any atom is -0.404 e. The van der Waals surface area contributed by atoms with Gasteiger partial charge in [-0.15, -0.1) is 0 Å². The third-order valence-electron chi connectivity index (χ3n) is 4.02. The van der Waals surface area contributed by atoms with Gasteiger partial charge < -0.3 is 21.6 Å². The minimum absolute atomic E-state index is 0.640. The third kappa shape index (κ3) is 4.24. The van der Waals surface area contributed by atoms with Gasteiger partial charge in [0.15, 0.2) is 0 Å². The van der Waals surface area contributed by atoms with Gasteiger partial charge in [-0.25, -0.2) is 4.98 Å². The molecule has 0 bridgehead atoms. The van der Waals surface area contributed by atoms with Gasteiger partial charge in [0.05, 0.1) is 16.6 Å². The van der Waals surface area contributed by atoms with E-state index in [0.29, 0.717) is 11.6 Å². The molecule has 0 unspecified atom stereocenters. The molecule has 0 saturated heterocycles. The molecule has 3 rings (SSSR count). The Morgan fingerprint density at radius 2 is 2.15 bits per heavy atom. The second kappa shape index (κ2) is 7.46. The first-order valence-electron chi connectivity index (χ1n) is 8.45. The summed E-state index contributed by atoms with van der Waals surface area (Å²) >= 11 is 0. The largest absolute Gasteiger partial charge is 0.404 e. The summed E-state index contributed by atoms with van der Waals surface area (Å²) in [5.74, 6) is 1.31. The number of hydrazine groups is 1. The maximum absolute atomic E-state index is 10.2. The normalized spacial score (nSPS) is 15.2. The van der Waals surface area contributed by atoms with E-state index in [1.54, 1.807) is 39.5 Å². The Hall–Kier alpha value is -3.39. The first-order chi connectivity index (χ1) is 12.9. The van der Waals surface area contributed by atoms with Crippen molar-refractivity contribution in [3.05, 3.63) is 59.8 Å². The van der Waals surface area contributed by atoms with Crippen molar-refractivity contribution < 1.29 is 5.11 Å². The van der Waals surface area contributed by atoms with Crippen LogP contribution in [0.5, 0.6) is 0 Å². The average molecular weight is 365 g/mol. The molecular formula is C19H23N7O. The van der Waals surface area contributed by atoms with Crippen molar-refractivity contribution in [2.75, 3.05) is 12.4 Å². The molecule has 140 valence electrons. The smallest absolute Gasteiger partial charge is 0.132 e. The summed E-state index contributed by atoms with van der Waals surface area (Å²) in [6, 6.07) is 5.64. The van der Waals surface area contributed by atoms with Gasteiger partial charge in [0.2, 0.25) is 0 Å². The number of anilines is 1. The van der Waals surface area contributed by atoms with Crippen LogP contribution in [0.4, 0.5) is 5.82 Å². The lowest BCUT2D eigenvalue weighted by atomic mass is 9.98. The van der Waals surface area contributed by atoms with Crippen LogP contribution in [0.3, 0.4) is 0 Å². The highest BCUT2D eigenvalue weighted by Gasteiger charge is 2.20. The van der Waals surface area contributed by atoms with E-state index >= 15 is 0 Å². The first-order valence-corrected chi connectivity index (χ1v) is 8.45. The number of aliphatic imine (C=N–C) groups is 1. The fourth-order valence-corrected chi connectivity index (χ4v) is 2.57. The van der Waals surface area contributed by atoms with Crippen LogP contribution in [0.15, 0.2) is 59.3 Å². The van der Waals surface area contributed by atoms with Crippen molar-refractivity contribution in [1.29, 1.82) is 0 Å². The van der Waals surface area contributed by atoms with Crippen molar-refractivity contribution in [3.63, 3.8) is 0 Å². The molecule has 1 aliphatic heterocycles. The second-order valence-electron chi connectivity index (χ2n) is 6.58. The Bertz CT molecular complexity index is 968. The average Bonchev–Trinajstić information content (AvgIpc) is 2.65. The topological polar surface area (TPSA) is 120 Å². The van der Waals surface area contributed by atoms with E-state index in [2.05, 4.69) is 31.1 Å². The summed E-state index contributed by atoms with van der Waals surface area (Å²) in [7, 11) is 1.69. The molecule has 3 heterocycles. The number of pyridine rings is 2. The molecule has 6 N–H and O–H groups in total. The van der Waals surface area contributed by atoms with Crippen molar-refractivity contribution in [3.8, 4) is 0 Å². The van der Waals surface area contributed by atoms with Crippen LogP contribution in [0.2, 0.25) is 0 Å². The predicted octanol–water partition coefficient (Wildman–Crippen LogP) is 1.65. The number of aliphatic hydroxyl groups is 1. The van der Waals surface area contributed by atoms with E-state index in [-0.39, 0.29) is 0 Å². The monoisotopic (exact) mass is 365 g/mol. The van der Waals surface area contributed by atoms with Gasteiger partial charge in [0.1, 0.15) is 11.6 Å². The molecule has 0 spiro atoms. The molecule has 0 amide bonds. The lowest BCUT2D eigenvalue weighted by molar-refractivity contribution is 0.122. The Labute approximate surface area is 157 Å². The third-order valence-corrected chi connectivity index (χ3v) is 4.02. The van der Waals surface area contributed by atoms with E-state index in [1.165, 1.54) is 6.20 Å². The summed E-state index contributed by atoms with van der Waals surface area (Å²) in [4.78, 5) is 13.1. The van der Waals surface area contributed by atoms with Crippen molar-refractivity contribution in [2.24, 2.45) is 10.7 Å². The molecule has 27 heavy (non-hydrogen) atoms. The van der Waals surface area contributed by atoms with Crippen LogP contribution in [-0.4, -0.2) is 33.9 Å². The Morgan fingerprint density at radius 3 is 2.85 bits per heavy atom. The number of allylic oxidation sites excluding steroid dienone is 1. The van der Waals surface area contributed by atoms with Crippen molar-refractivity contribution in [1.82, 2.24) is 20.8 Å². The van der Waals surface area contributed by atoms with E-state index < -0.39 is 5.60 Å². The molecule has 0 radical (unpaired) electrons. The van der Waals surface area contributed by atoms with Gasteiger partial charge in [-0.05, 0) is 38.1 Å². The molecule has 2 aromatic heterocycles. The lowest BCUT2D eigenvalue weighted by Crippen LogP contribution is -2.36. The van der Waals surface area contributed by atoms with Crippen molar-refractivity contribution in [2.45, 2.75) is 19.4 Å². The molecular weight excluding hydrogens is 342 g/mol. The minimum atomic E-state index is -0.955. The number of hydrogen-bond donors (Lipinski definition) is 5. The highest BCUT2D eigenvalue weighted by Crippen LogP contribution is 2.21. The summed E-state index contributed by atoms with van der Waals surface area (Å²) in [5, 5.41) is 13.4. The standard InChI is InChI=1S/C19H23N7O/c1-19(2,27)14-7-18(26-23-11-14)25-17-5-4-15-16(24-17)6-12(10-22-15)13(8-20)9-21-3/h4-11,23,26-27H,20H2,1-3H3,(H,24,25). The van der Waals surface area contributed by atoms with Crippen LogP contribution in [-0.2, 0) is 0 Å². The number of nitrogens with one attached hydrogen (secondary N) is 3. The number of hydrogen-bond acceptors (Lipinski definition) is 8. The summed E-state index contributed by atoms with van der Waals surface area (Å²) in [6.45, 7) is 3.45. The summed E-state index contributed by atoms with van der Waals surface area (Å²) in [5.41, 5.74) is 14.5.